The maximum atomic E-state index is 11.8. The predicted octanol–water partition coefficient (Wildman–Crippen LogP) is 1.21. The molecule has 0 radical (unpaired) electrons. The summed E-state index contributed by atoms with van der Waals surface area (Å²) in [6.07, 6.45) is 3.22. The lowest BCUT2D eigenvalue weighted by molar-refractivity contribution is -0.136. The molecular weight excluding hydrogens is 268 g/mol. The maximum absolute atomic E-state index is 11.8. The molecule has 21 heavy (non-hydrogen) atoms. The molecule has 1 aromatic carbocycles. The molecule has 1 heterocycles. The molecule has 0 spiro atoms. The number of anilines is 1. The van der Waals surface area contributed by atoms with Gasteiger partial charge < -0.3 is 10.6 Å². The summed E-state index contributed by atoms with van der Waals surface area (Å²) in [5, 5.41) is 13.8. The number of amides is 2. The number of benzene rings is 1. The first-order valence-corrected chi connectivity index (χ1v) is 6.18. The van der Waals surface area contributed by atoms with Gasteiger partial charge in [-0.2, -0.15) is 5.26 Å². The van der Waals surface area contributed by atoms with E-state index in [1.807, 2.05) is 6.07 Å². The number of rotatable bonds is 3. The first-order valence-electron chi connectivity index (χ1n) is 6.18. The Morgan fingerprint density at radius 3 is 2.67 bits per heavy atom. The van der Waals surface area contributed by atoms with Gasteiger partial charge in [-0.25, -0.2) is 0 Å². The van der Waals surface area contributed by atoms with Gasteiger partial charge in [-0.05, 0) is 23.8 Å². The van der Waals surface area contributed by atoms with Gasteiger partial charge in [0.05, 0.1) is 11.3 Å². The Bertz CT molecular complexity index is 692. The van der Waals surface area contributed by atoms with Crippen LogP contribution in [0.4, 0.5) is 5.69 Å². The standard InChI is InChI=1S/C15H12N4O2/c16-8-12-5-1-2-6-13(12)19-15(21)14(20)18-10-11-4-3-7-17-9-11/h1-7,9H,10H2,(H,18,20)(H,19,21). The molecule has 0 bridgehead atoms. The second kappa shape index (κ2) is 6.82. The number of nitrogens with one attached hydrogen (secondary N) is 2. The summed E-state index contributed by atoms with van der Waals surface area (Å²) in [6.45, 7) is 0.208. The highest BCUT2D eigenvalue weighted by atomic mass is 16.2. The van der Waals surface area contributed by atoms with Crippen LogP contribution in [-0.4, -0.2) is 16.8 Å². The summed E-state index contributed by atoms with van der Waals surface area (Å²) in [6, 6.07) is 11.9. The van der Waals surface area contributed by atoms with Crippen LogP contribution in [0.5, 0.6) is 0 Å². The molecule has 0 fully saturated rings. The lowest BCUT2D eigenvalue weighted by Gasteiger charge is -2.07. The average Bonchev–Trinajstić information content (AvgIpc) is 2.54. The zero-order chi connectivity index (χ0) is 15.1. The summed E-state index contributed by atoms with van der Waals surface area (Å²) >= 11 is 0. The molecule has 0 aliphatic heterocycles. The van der Waals surface area contributed by atoms with E-state index in [0.29, 0.717) is 11.3 Å². The van der Waals surface area contributed by atoms with Gasteiger partial charge >= 0.3 is 11.8 Å². The number of para-hydroxylation sites is 1. The van der Waals surface area contributed by atoms with Gasteiger partial charge in [-0.3, -0.25) is 14.6 Å². The van der Waals surface area contributed by atoms with Crippen molar-refractivity contribution in [2.24, 2.45) is 0 Å². The molecule has 0 aliphatic rings. The van der Waals surface area contributed by atoms with Crippen LogP contribution in [0.2, 0.25) is 0 Å². The zero-order valence-corrected chi connectivity index (χ0v) is 11.0. The fraction of sp³-hybridized carbons (Fsp3) is 0.0667. The third kappa shape index (κ3) is 3.88. The molecule has 2 N–H and O–H groups in total. The largest absolute Gasteiger partial charge is 0.344 e. The van der Waals surface area contributed by atoms with E-state index in [9.17, 15) is 9.59 Å². The molecule has 6 nitrogen and oxygen atoms in total. The zero-order valence-electron chi connectivity index (χ0n) is 11.0. The van der Waals surface area contributed by atoms with Crippen molar-refractivity contribution in [2.45, 2.75) is 6.54 Å². The Balaban J connectivity index is 1.94. The molecule has 0 saturated heterocycles. The fourth-order valence-corrected chi connectivity index (χ4v) is 1.63. The Morgan fingerprint density at radius 2 is 1.95 bits per heavy atom. The van der Waals surface area contributed by atoms with Crippen LogP contribution in [0.25, 0.3) is 0 Å². The summed E-state index contributed by atoms with van der Waals surface area (Å²) < 4.78 is 0. The van der Waals surface area contributed by atoms with E-state index in [0.717, 1.165) is 5.56 Å². The molecule has 1 aromatic heterocycles. The van der Waals surface area contributed by atoms with Crippen molar-refractivity contribution in [3.8, 4) is 6.07 Å². The maximum Gasteiger partial charge on any atom is 0.313 e. The van der Waals surface area contributed by atoms with Crippen LogP contribution in [0.15, 0.2) is 48.8 Å². The monoisotopic (exact) mass is 280 g/mol. The Kier molecular flexibility index (Phi) is 4.62. The number of carbonyl (C=O) groups excluding carboxylic acids is 2. The summed E-state index contributed by atoms with van der Waals surface area (Å²) in [7, 11) is 0. The average molecular weight is 280 g/mol. The lowest BCUT2D eigenvalue weighted by Crippen LogP contribution is -2.35. The molecule has 0 atom stereocenters. The molecule has 0 aliphatic carbocycles. The quantitative estimate of drug-likeness (QED) is 0.826. The molecular formula is C15H12N4O2. The van der Waals surface area contributed by atoms with Crippen LogP contribution in [0.3, 0.4) is 0 Å². The second-order valence-corrected chi connectivity index (χ2v) is 4.16. The third-order valence-corrected chi connectivity index (χ3v) is 2.68. The van der Waals surface area contributed by atoms with Gasteiger partial charge in [0.1, 0.15) is 6.07 Å². The second-order valence-electron chi connectivity index (χ2n) is 4.16. The van der Waals surface area contributed by atoms with E-state index >= 15 is 0 Å². The first-order chi connectivity index (χ1) is 10.2. The summed E-state index contributed by atoms with van der Waals surface area (Å²) in [4.78, 5) is 27.4. The van der Waals surface area contributed by atoms with Crippen LogP contribution in [-0.2, 0) is 16.1 Å². The molecule has 2 aromatic rings. The van der Waals surface area contributed by atoms with E-state index in [-0.39, 0.29) is 6.54 Å². The van der Waals surface area contributed by atoms with E-state index in [1.54, 1.807) is 48.8 Å². The SMILES string of the molecule is N#Cc1ccccc1NC(=O)C(=O)NCc1cccnc1. The number of nitriles is 1. The van der Waals surface area contributed by atoms with Crippen molar-refractivity contribution in [3.05, 3.63) is 59.9 Å². The normalized spacial score (nSPS) is 9.48. The first kappa shape index (κ1) is 14.2. The minimum absolute atomic E-state index is 0.208. The van der Waals surface area contributed by atoms with Crippen LogP contribution < -0.4 is 10.6 Å². The van der Waals surface area contributed by atoms with Crippen molar-refractivity contribution in [1.82, 2.24) is 10.3 Å². The number of aromatic nitrogens is 1. The summed E-state index contributed by atoms with van der Waals surface area (Å²) in [5.74, 6) is -1.59. The van der Waals surface area contributed by atoms with E-state index in [2.05, 4.69) is 15.6 Å². The number of carbonyl (C=O) groups is 2. The van der Waals surface area contributed by atoms with E-state index < -0.39 is 11.8 Å². The minimum atomic E-state index is -0.818. The fourth-order valence-electron chi connectivity index (χ4n) is 1.63. The Hall–Kier alpha value is -3.20. The van der Waals surface area contributed by atoms with Crippen LogP contribution >= 0.6 is 0 Å². The van der Waals surface area contributed by atoms with Gasteiger partial charge in [0, 0.05) is 18.9 Å². The highest BCUT2D eigenvalue weighted by molar-refractivity contribution is 6.39. The van der Waals surface area contributed by atoms with Crippen molar-refractivity contribution in [2.75, 3.05) is 5.32 Å². The number of nitrogens with zero attached hydrogens (tertiary/aromatic N) is 2. The van der Waals surface area contributed by atoms with Gasteiger partial charge in [0.25, 0.3) is 0 Å². The molecule has 2 amide bonds. The van der Waals surface area contributed by atoms with Crippen LogP contribution in [0, 0.1) is 11.3 Å². The Labute approximate surface area is 121 Å². The highest BCUT2D eigenvalue weighted by Crippen LogP contribution is 2.13. The highest BCUT2D eigenvalue weighted by Gasteiger charge is 2.14. The van der Waals surface area contributed by atoms with Crippen molar-refractivity contribution < 1.29 is 9.59 Å². The van der Waals surface area contributed by atoms with E-state index in [1.165, 1.54) is 0 Å². The minimum Gasteiger partial charge on any atom is -0.344 e. The molecule has 0 unspecified atom stereocenters. The van der Waals surface area contributed by atoms with Crippen LogP contribution in [0.1, 0.15) is 11.1 Å². The number of pyridine rings is 1. The van der Waals surface area contributed by atoms with Gasteiger partial charge in [-0.15, -0.1) is 0 Å². The lowest BCUT2D eigenvalue weighted by atomic mass is 10.2. The molecule has 104 valence electrons. The topological polar surface area (TPSA) is 94.9 Å². The van der Waals surface area contributed by atoms with Gasteiger partial charge in [0.2, 0.25) is 0 Å². The Morgan fingerprint density at radius 1 is 1.14 bits per heavy atom. The smallest absolute Gasteiger partial charge is 0.313 e. The van der Waals surface area contributed by atoms with Gasteiger partial charge in [-0.1, -0.05) is 18.2 Å². The van der Waals surface area contributed by atoms with Crippen molar-refractivity contribution in [1.29, 1.82) is 5.26 Å². The number of hydrogen-bond donors (Lipinski definition) is 2. The van der Waals surface area contributed by atoms with Gasteiger partial charge in [0.15, 0.2) is 0 Å². The molecule has 6 heteroatoms. The van der Waals surface area contributed by atoms with Crippen molar-refractivity contribution in [3.63, 3.8) is 0 Å². The van der Waals surface area contributed by atoms with E-state index in [4.69, 9.17) is 5.26 Å². The number of hydrogen-bond acceptors (Lipinski definition) is 4. The summed E-state index contributed by atoms with van der Waals surface area (Å²) in [5.41, 5.74) is 1.39. The molecule has 2 rings (SSSR count). The predicted molar refractivity (Wildman–Crippen MR) is 75.9 cm³/mol. The third-order valence-electron chi connectivity index (χ3n) is 2.68. The van der Waals surface area contributed by atoms with Crippen molar-refractivity contribution >= 4 is 17.5 Å². The molecule has 0 saturated carbocycles.